The van der Waals surface area contributed by atoms with E-state index in [4.69, 9.17) is 0 Å². The molecule has 2 heteroatoms. The first-order valence-corrected chi connectivity index (χ1v) is 6.65. The molecule has 0 radical (unpaired) electrons. The molecule has 15 heavy (non-hydrogen) atoms. The highest BCUT2D eigenvalue weighted by atomic mass is 127. The number of alkyl halides is 1. The third-order valence-electron chi connectivity index (χ3n) is 2.36. The Morgan fingerprint density at radius 1 is 0.867 bits per heavy atom. The lowest BCUT2D eigenvalue weighted by Gasteiger charge is -2.12. The van der Waals surface area contributed by atoms with Crippen molar-refractivity contribution >= 4 is 37.1 Å². The Morgan fingerprint density at radius 3 is 2.13 bits per heavy atom. The van der Waals surface area contributed by atoms with E-state index < -0.39 is 0 Å². The smallest absolute Gasteiger partial charge is 0.0614 e. The zero-order chi connectivity index (χ0) is 10.7. The van der Waals surface area contributed by atoms with Crippen LogP contribution in [0.15, 0.2) is 54.6 Å². The van der Waals surface area contributed by atoms with Gasteiger partial charge in [0.15, 0.2) is 0 Å². The van der Waals surface area contributed by atoms with Gasteiger partial charge in [0.2, 0.25) is 0 Å². The number of rotatable bonds is 2. The van der Waals surface area contributed by atoms with Crippen molar-refractivity contribution in [2.75, 3.05) is 0 Å². The van der Waals surface area contributed by atoms with Crippen LogP contribution in [0.1, 0.15) is 15.1 Å². The van der Waals surface area contributed by atoms with Crippen molar-refractivity contribution in [3.63, 3.8) is 0 Å². The fourth-order valence-electron chi connectivity index (χ4n) is 1.54. The molecule has 0 fully saturated rings. The number of benzene rings is 2. The Labute approximate surface area is 106 Å². The van der Waals surface area contributed by atoms with E-state index in [1.54, 1.807) is 0 Å². The second kappa shape index (κ2) is 5.09. The highest BCUT2D eigenvalue weighted by Crippen LogP contribution is 2.30. The summed E-state index contributed by atoms with van der Waals surface area (Å²) in [4.78, 5) is 0. The molecule has 0 aliphatic heterocycles. The summed E-state index contributed by atoms with van der Waals surface area (Å²) in [6.07, 6.45) is 0. The van der Waals surface area contributed by atoms with Crippen LogP contribution in [-0.2, 0) is 0 Å². The zero-order valence-electron chi connectivity index (χ0n) is 8.23. The standard InChI is InChI=1S/C13H12IP/c14-13(10-6-2-1-3-7-10)11-8-4-5-9-12(11)15/h1-9,13H,15H2. The summed E-state index contributed by atoms with van der Waals surface area (Å²) in [6.45, 7) is 0. The quantitative estimate of drug-likeness (QED) is 0.448. The van der Waals surface area contributed by atoms with Crippen molar-refractivity contribution in [2.24, 2.45) is 0 Å². The summed E-state index contributed by atoms with van der Waals surface area (Å²) < 4.78 is 0.428. The molecule has 2 aromatic rings. The summed E-state index contributed by atoms with van der Waals surface area (Å²) in [5, 5.41) is 1.28. The van der Waals surface area contributed by atoms with E-state index >= 15 is 0 Å². The largest absolute Gasteiger partial charge is 0.105 e. The van der Waals surface area contributed by atoms with Crippen LogP contribution >= 0.6 is 31.8 Å². The first-order valence-electron chi connectivity index (χ1n) is 4.82. The lowest BCUT2D eigenvalue weighted by molar-refractivity contribution is 1.22. The third kappa shape index (κ3) is 2.59. The van der Waals surface area contributed by atoms with E-state index in [2.05, 4.69) is 86.4 Å². The minimum Gasteiger partial charge on any atom is -0.105 e. The first-order chi connectivity index (χ1) is 7.29. The molecular formula is C13H12IP. The molecule has 2 aromatic carbocycles. The highest BCUT2D eigenvalue weighted by Gasteiger charge is 2.10. The van der Waals surface area contributed by atoms with Gasteiger partial charge in [-0.2, -0.15) is 0 Å². The molecule has 0 saturated carbocycles. The van der Waals surface area contributed by atoms with Crippen molar-refractivity contribution in [2.45, 2.75) is 3.92 Å². The molecule has 0 aliphatic rings. The summed E-state index contributed by atoms with van der Waals surface area (Å²) in [6, 6.07) is 19.1. The normalized spacial score (nSPS) is 12.4. The fraction of sp³-hybridized carbons (Fsp3) is 0.0769. The van der Waals surface area contributed by atoms with E-state index in [1.165, 1.54) is 16.4 Å². The Balaban J connectivity index is 2.37. The second-order valence-electron chi connectivity index (χ2n) is 3.40. The molecule has 0 amide bonds. The Hall–Kier alpha value is -0.400. The van der Waals surface area contributed by atoms with Crippen molar-refractivity contribution in [3.8, 4) is 0 Å². The molecule has 2 unspecified atom stereocenters. The summed E-state index contributed by atoms with van der Waals surface area (Å²) in [5.41, 5.74) is 2.72. The van der Waals surface area contributed by atoms with E-state index in [0.717, 1.165) is 0 Å². The Kier molecular flexibility index (Phi) is 3.76. The highest BCUT2D eigenvalue weighted by molar-refractivity contribution is 14.1. The van der Waals surface area contributed by atoms with E-state index in [1.807, 2.05) is 0 Å². The van der Waals surface area contributed by atoms with Crippen LogP contribution in [0.2, 0.25) is 0 Å². The molecule has 0 aliphatic carbocycles. The van der Waals surface area contributed by atoms with E-state index in [0.29, 0.717) is 3.92 Å². The van der Waals surface area contributed by atoms with Crippen molar-refractivity contribution in [3.05, 3.63) is 65.7 Å². The summed E-state index contributed by atoms with van der Waals surface area (Å²) >= 11 is 2.49. The molecule has 0 saturated heterocycles. The van der Waals surface area contributed by atoms with Crippen LogP contribution in [-0.4, -0.2) is 0 Å². The number of hydrogen-bond donors (Lipinski definition) is 0. The van der Waals surface area contributed by atoms with E-state index in [-0.39, 0.29) is 0 Å². The molecule has 0 nitrogen and oxygen atoms in total. The van der Waals surface area contributed by atoms with Gasteiger partial charge >= 0.3 is 0 Å². The Morgan fingerprint density at radius 2 is 1.47 bits per heavy atom. The van der Waals surface area contributed by atoms with Crippen molar-refractivity contribution in [1.29, 1.82) is 0 Å². The van der Waals surface area contributed by atoms with Crippen LogP contribution in [0.25, 0.3) is 0 Å². The molecule has 2 atom stereocenters. The van der Waals surface area contributed by atoms with Crippen LogP contribution < -0.4 is 5.30 Å². The van der Waals surface area contributed by atoms with Crippen molar-refractivity contribution in [1.82, 2.24) is 0 Å². The van der Waals surface area contributed by atoms with Gasteiger partial charge in [0.25, 0.3) is 0 Å². The van der Waals surface area contributed by atoms with Gasteiger partial charge in [0, 0.05) is 0 Å². The van der Waals surface area contributed by atoms with Crippen LogP contribution in [0.5, 0.6) is 0 Å². The molecule has 0 spiro atoms. The lowest BCUT2D eigenvalue weighted by Crippen LogP contribution is -2.03. The molecule has 0 bridgehead atoms. The topological polar surface area (TPSA) is 0 Å². The van der Waals surface area contributed by atoms with Gasteiger partial charge in [-0.05, 0) is 16.4 Å². The maximum Gasteiger partial charge on any atom is 0.0614 e. The number of hydrogen-bond acceptors (Lipinski definition) is 0. The van der Waals surface area contributed by atoms with Gasteiger partial charge in [-0.25, -0.2) is 0 Å². The predicted octanol–water partition coefficient (Wildman–Crippen LogP) is 3.71. The molecule has 2 rings (SSSR count). The predicted molar refractivity (Wildman–Crippen MR) is 78.1 cm³/mol. The van der Waals surface area contributed by atoms with Crippen LogP contribution in [0.4, 0.5) is 0 Å². The van der Waals surface area contributed by atoms with Gasteiger partial charge in [-0.15, -0.1) is 9.24 Å². The molecule has 0 heterocycles. The lowest BCUT2D eigenvalue weighted by atomic mass is 10.1. The maximum atomic E-state index is 2.80. The average molecular weight is 326 g/mol. The second-order valence-corrected chi connectivity index (χ2v) is 5.27. The zero-order valence-corrected chi connectivity index (χ0v) is 11.5. The Bertz CT molecular complexity index is 439. The van der Waals surface area contributed by atoms with Crippen LogP contribution in [0.3, 0.4) is 0 Å². The van der Waals surface area contributed by atoms with Gasteiger partial charge in [0.05, 0.1) is 3.92 Å². The minimum absolute atomic E-state index is 0.428. The van der Waals surface area contributed by atoms with Crippen molar-refractivity contribution < 1.29 is 0 Å². The van der Waals surface area contributed by atoms with Gasteiger partial charge in [-0.3, -0.25) is 0 Å². The molecule has 0 aromatic heterocycles. The third-order valence-corrected chi connectivity index (χ3v) is 4.28. The minimum atomic E-state index is 0.428. The molecule has 76 valence electrons. The number of halogens is 1. The van der Waals surface area contributed by atoms with Gasteiger partial charge in [-0.1, -0.05) is 77.2 Å². The monoisotopic (exact) mass is 326 g/mol. The summed E-state index contributed by atoms with van der Waals surface area (Å²) in [5.74, 6) is 0. The first kappa shape index (κ1) is 11.1. The van der Waals surface area contributed by atoms with Gasteiger partial charge < -0.3 is 0 Å². The molecular weight excluding hydrogens is 314 g/mol. The van der Waals surface area contributed by atoms with E-state index in [9.17, 15) is 0 Å². The SMILES string of the molecule is Pc1ccccc1C(I)c1ccccc1. The van der Waals surface area contributed by atoms with Crippen LogP contribution in [0, 0.1) is 0 Å². The maximum absolute atomic E-state index is 2.80. The fourth-order valence-corrected chi connectivity index (χ4v) is 3.24. The average Bonchev–Trinajstić information content (AvgIpc) is 2.30. The van der Waals surface area contributed by atoms with Gasteiger partial charge in [0.1, 0.15) is 0 Å². The summed E-state index contributed by atoms with van der Waals surface area (Å²) in [7, 11) is 2.80. The molecule has 0 N–H and O–H groups in total.